The monoisotopic (exact) mass is 406 g/mol. The van der Waals surface area contributed by atoms with Gasteiger partial charge in [0.25, 0.3) is 0 Å². The van der Waals surface area contributed by atoms with Crippen molar-refractivity contribution in [3.63, 3.8) is 0 Å². The van der Waals surface area contributed by atoms with Crippen molar-refractivity contribution in [2.45, 2.75) is 44.7 Å². The minimum atomic E-state index is 0.184. The van der Waals surface area contributed by atoms with Gasteiger partial charge in [0, 0.05) is 37.4 Å². The van der Waals surface area contributed by atoms with E-state index in [1.165, 1.54) is 24.0 Å². The Bertz CT molecular complexity index is 766. The number of rotatable bonds is 7. The van der Waals surface area contributed by atoms with Crippen LogP contribution in [0.4, 0.5) is 0 Å². The second-order valence-electron chi connectivity index (χ2n) is 8.70. The van der Waals surface area contributed by atoms with E-state index in [1.807, 2.05) is 18.5 Å². The highest BCUT2D eigenvalue weighted by Gasteiger charge is 2.30. The van der Waals surface area contributed by atoms with E-state index in [-0.39, 0.29) is 11.8 Å². The molecule has 2 saturated heterocycles. The van der Waals surface area contributed by atoms with Crippen LogP contribution >= 0.6 is 0 Å². The van der Waals surface area contributed by atoms with E-state index in [0.29, 0.717) is 6.04 Å². The highest BCUT2D eigenvalue weighted by molar-refractivity contribution is 5.78. The van der Waals surface area contributed by atoms with Crippen molar-refractivity contribution in [3.8, 4) is 0 Å². The summed E-state index contributed by atoms with van der Waals surface area (Å²) in [6.07, 6.45) is 9.12. The summed E-state index contributed by atoms with van der Waals surface area (Å²) in [7, 11) is 0. The van der Waals surface area contributed by atoms with E-state index in [2.05, 4.69) is 56.5 Å². The maximum Gasteiger partial charge on any atom is 0.223 e. The number of carbonyl (C=O) groups is 1. The number of pyridine rings is 1. The van der Waals surface area contributed by atoms with Crippen LogP contribution in [0.3, 0.4) is 0 Å². The highest BCUT2D eigenvalue weighted by Crippen LogP contribution is 2.24. The first kappa shape index (κ1) is 21.0. The van der Waals surface area contributed by atoms with Crippen LogP contribution in [0.1, 0.15) is 36.8 Å². The van der Waals surface area contributed by atoms with Crippen molar-refractivity contribution in [2.24, 2.45) is 5.92 Å². The molecule has 3 heterocycles. The molecule has 2 aromatic rings. The van der Waals surface area contributed by atoms with Gasteiger partial charge in [-0.25, -0.2) is 0 Å². The van der Waals surface area contributed by atoms with Gasteiger partial charge < -0.3 is 10.2 Å². The number of hydrogen-bond donors (Lipinski definition) is 1. The van der Waals surface area contributed by atoms with E-state index in [4.69, 9.17) is 0 Å². The van der Waals surface area contributed by atoms with Crippen LogP contribution in [0.2, 0.25) is 0 Å². The average molecular weight is 407 g/mol. The molecule has 0 spiro atoms. The van der Waals surface area contributed by atoms with Gasteiger partial charge in [-0.15, -0.1) is 0 Å². The van der Waals surface area contributed by atoms with Gasteiger partial charge in [-0.05, 0) is 81.5 Å². The second kappa shape index (κ2) is 10.7. The number of likely N-dealkylation sites (tertiary alicyclic amines) is 2. The lowest BCUT2D eigenvalue weighted by Crippen LogP contribution is -2.49. The molecule has 1 aromatic heterocycles. The van der Waals surface area contributed by atoms with Gasteiger partial charge in [0.2, 0.25) is 5.91 Å². The summed E-state index contributed by atoms with van der Waals surface area (Å²) in [5, 5.41) is 3.16. The zero-order valence-electron chi connectivity index (χ0n) is 17.9. The van der Waals surface area contributed by atoms with Crippen molar-refractivity contribution >= 4 is 5.91 Å². The molecule has 5 nitrogen and oxygen atoms in total. The van der Waals surface area contributed by atoms with Gasteiger partial charge in [0.15, 0.2) is 0 Å². The predicted octanol–water partition coefficient (Wildman–Crippen LogP) is 3.12. The maximum atomic E-state index is 12.5. The molecule has 0 unspecified atom stereocenters. The van der Waals surface area contributed by atoms with Gasteiger partial charge in [-0.3, -0.25) is 14.7 Å². The number of piperidine rings is 2. The Labute approximate surface area is 180 Å². The summed E-state index contributed by atoms with van der Waals surface area (Å²) >= 11 is 0. The molecule has 0 bridgehead atoms. The topological polar surface area (TPSA) is 48.5 Å². The molecule has 5 heteroatoms. The normalized spacial score (nSPS) is 19.6. The second-order valence-corrected chi connectivity index (χ2v) is 8.70. The van der Waals surface area contributed by atoms with E-state index < -0.39 is 0 Å². The Morgan fingerprint density at radius 1 is 0.900 bits per heavy atom. The summed E-state index contributed by atoms with van der Waals surface area (Å²) in [6, 6.07) is 15.3. The van der Waals surface area contributed by atoms with Crippen LogP contribution in [0.5, 0.6) is 0 Å². The van der Waals surface area contributed by atoms with Crippen LogP contribution in [-0.2, 0) is 17.8 Å². The Hall–Kier alpha value is -2.24. The molecule has 160 valence electrons. The Morgan fingerprint density at radius 2 is 1.60 bits per heavy atom. The molecule has 2 fully saturated rings. The van der Waals surface area contributed by atoms with Crippen LogP contribution in [0, 0.1) is 5.92 Å². The largest absolute Gasteiger partial charge is 0.356 e. The first-order chi connectivity index (χ1) is 14.8. The summed E-state index contributed by atoms with van der Waals surface area (Å²) < 4.78 is 0. The Morgan fingerprint density at radius 3 is 2.30 bits per heavy atom. The molecule has 1 amide bonds. The fourth-order valence-electron chi connectivity index (χ4n) is 4.83. The number of hydrogen-bond acceptors (Lipinski definition) is 4. The average Bonchev–Trinajstić information content (AvgIpc) is 2.81. The SMILES string of the molecule is O=C(NCCc1ccccc1)C1CCN(C2CCN(Cc3ccncc3)CC2)CC1. The molecule has 2 aliphatic heterocycles. The van der Waals surface area contributed by atoms with Crippen molar-refractivity contribution in [2.75, 3.05) is 32.7 Å². The van der Waals surface area contributed by atoms with Crippen molar-refractivity contribution in [1.29, 1.82) is 0 Å². The Kier molecular flexibility index (Phi) is 7.49. The van der Waals surface area contributed by atoms with Crippen LogP contribution in [0.25, 0.3) is 0 Å². The molecule has 0 saturated carbocycles. The third-order valence-electron chi connectivity index (χ3n) is 6.69. The van der Waals surface area contributed by atoms with Crippen molar-refractivity contribution in [3.05, 3.63) is 66.0 Å². The predicted molar refractivity (Wildman–Crippen MR) is 120 cm³/mol. The lowest BCUT2D eigenvalue weighted by molar-refractivity contribution is -0.126. The van der Waals surface area contributed by atoms with Gasteiger partial charge in [-0.1, -0.05) is 30.3 Å². The highest BCUT2D eigenvalue weighted by atomic mass is 16.1. The molecular weight excluding hydrogens is 372 g/mol. The minimum Gasteiger partial charge on any atom is -0.356 e. The summed E-state index contributed by atoms with van der Waals surface area (Å²) in [5.41, 5.74) is 2.63. The smallest absolute Gasteiger partial charge is 0.223 e. The van der Waals surface area contributed by atoms with E-state index in [9.17, 15) is 4.79 Å². The van der Waals surface area contributed by atoms with E-state index >= 15 is 0 Å². The summed E-state index contributed by atoms with van der Waals surface area (Å²) in [4.78, 5) is 21.8. The fourth-order valence-corrected chi connectivity index (χ4v) is 4.83. The maximum absolute atomic E-state index is 12.5. The number of amides is 1. The molecule has 0 atom stereocenters. The molecule has 0 aliphatic carbocycles. The van der Waals surface area contributed by atoms with Crippen molar-refractivity contribution in [1.82, 2.24) is 20.1 Å². The summed E-state index contributed by atoms with van der Waals surface area (Å²) in [6.45, 7) is 6.21. The fraction of sp³-hybridized carbons (Fsp3) is 0.520. The van der Waals surface area contributed by atoms with Crippen LogP contribution in [-0.4, -0.2) is 59.5 Å². The number of carbonyl (C=O) groups excluding carboxylic acids is 1. The van der Waals surface area contributed by atoms with E-state index in [0.717, 1.165) is 58.5 Å². The van der Waals surface area contributed by atoms with Gasteiger partial charge >= 0.3 is 0 Å². The summed E-state index contributed by atoms with van der Waals surface area (Å²) in [5.74, 6) is 0.432. The lowest BCUT2D eigenvalue weighted by Gasteiger charge is -2.41. The van der Waals surface area contributed by atoms with Gasteiger partial charge in [0.05, 0.1) is 0 Å². The Balaban J connectivity index is 1.14. The minimum absolute atomic E-state index is 0.184. The number of nitrogens with one attached hydrogen (secondary N) is 1. The first-order valence-corrected chi connectivity index (χ1v) is 11.4. The molecule has 0 radical (unpaired) electrons. The molecule has 2 aliphatic rings. The third-order valence-corrected chi connectivity index (χ3v) is 6.69. The first-order valence-electron chi connectivity index (χ1n) is 11.4. The standard InChI is InChI=1S/C25H34N4O/c30-25(27-15-8-21-4-2-1-3-5-21)23-9-18-29(19-10-23)24-11-16-28(17-12-24)20-22-6-13-26-14-7-22/h1-7,13-14,23-24H,8-12,15-20H2,(H,27,30). The number of benzene rings is 1. The molecule has 1 N–H and O–H groups in total. The van der Waals surface area contributed by atoms with Crippen LogP contribution < -0.4 is 5.32 Å². The quantitative estimate of drug-likeness (QED) is 0.768. The number of aromatic nitrogens is 1. The van der Waals surface area contributed by atoms with Crippen LogP contribution in [0.15, 0.2) is 54.9 Å². The van der Waals surface area contributed by atoms with Gasteiger partial charge in [-0.2, -0.15) is 0 Å². The lowest BCUT2D eigenvalue weighted by atomic mass is 9.92. The van der Waals surface area contributed by atoms with E-state index in [1.54, 1.807) is 0 Å². The van der Waals surface area contributed by atoms with Crippen molar-refractivity contribution < 1.29 is 4.79 Å². The zero-order chi connectivity index (χ0) is 20.6. The zero-order valence-corrected chi connectivity index (χ0v) is 17.9. The van der Waals surface area contributed by atoms with Gasteiger partial charge in [0.1, 0.15) is 0 Å². The number of nitrogens with zero attached hydrogens (tertiary/aromatic N) is 3. The molecular formula is C25H34N4O. The molecule has 30 heavy (non-hydrogen) atoms. The molecule has 4 rings (SSSR count). The third kappa shape index (κ3) is 5.89. The molecule has 1 aromatic carbocycles.